The Morgan fingerprint density at radius 1 is 1.06 bits per heavy atom. The summed E-state index contributed by atoms with van der Waals surface area (Å²) in [6.07, 6.45) is 0.981. The number of methoxy groups -OCH3 is 1. The fourth-order valence-electron chi connectivity index (χ4n) is 2.97. The summed E-state index contributed by atoms with van der Waals surface area (Å²) in [7, 11) is -6.31. The Morgan fingerprint density at radius 3 is 2.30 bits per heavy atom. The second-order valence-corrected chi connectivity index (χ2v) is 11.0. The number of ether oxygens (including phenoxy) is 2. The first-order valence-electron chi connectivity index (χ1n) is 10.1. The topological polar surface area (TPSA) is 131 Å². The van der Waals surface area contributed by atoms with Crippen LogP contribution in [0.15, 0.2) is 47.4 Å². The standard InChI is InChI=1S/C21H29N3O7S2/c1-6-31-20-10-8-7-9-18(20)24(32(5,26)27)14-21(25)22-17-13-16(11-12-19(17)30-4)33(28,29)23-15(2)3/h7-13,15,23H,6,14H2,1-5H3,(H,22,25). The van der Waals surface area contributed by atoms with Crippen molar-refractivity contribution < 1.29 is 31.1 Å². The summed E-state index contributed by atoms with van der Waals surface area (Å²) in [5, 5.41) is 2.55. The zero-order valence-corrected chi connectivity index (χ0v) is 20.8. The lowest BCUT2D eigenvalue weighted by molar-refractivity contribution is -0.114. The molecule has 2 rings (SSSR count). The molecule has 0 atom stereocenters. The van der Waals surface area contributed by atoms with Gasteiger partial charge in [0.05, 0.1) is 36.2 Å². The first kappa shape index (κ1) is 26.4. The van der Waals surface area contributed by atoms with Crippen LogP contribution < -0.4 is 23.8 Å². The minimum atomic E-state index is -3.85. The van der Waals surface area contributed by atoms with Crippen molar-refractivity contribution >= 4 is 37.3 Å². The number of nitrogens with zero attached hydrogens (tertiary/aromatic N) is 1. The summed E-state index contributed by atoms with van der Waals surface area (Å²) in [4.78, 5) is 12.8. The Kier molecular flexibility index (Phi) is 8.69. The van der Waals surface area contributed by atoms with Gasteiger partial charge in [0, 0.05) is 6.04 Å². The molecule has 0 saturated heterocycles. The van der Waals surface area contributed by atoms with Crippen molar-refractivity contribution in [1.82, 2.24) is 4.72 Å². The van der Waals surface area contributed by atoms with Crippen LogP contribution in [0.5, 0.6) is 11.5 Å². The number of nitrogens with one attached hydrogen (secondary N) is 2. The van der Waals surface area contributed by atoms with Gasteiger partial charge < -0.3 is 14.8 Å². The van der Waals surface area contributed by atoms with E-state index in [0.717, 1.165) is 10.6 Å². The van der Waals surface area contributed by atoms with Crippen molar-refractivity contribution in [3.05, 3.63) is 42.5 Å². The molecule has 182 valence electrons. The summed E-state index contributed by atoms with van der Waals surface area (Å²) < 4.78 is 64.1. The number of benzene rings is 2. The van der Waals surface area contributed by atoms with Gasteiger partial charge in [-0.1, -0.05) is 12.1 Å². The Bertz CT molecular complexity index is 1200. The van der Waals surface area contributed by atoms with E-state index in [1.54, 1.807) is 39.0 Å². The second-order valence-electron chi connectivity index (χ2n) is 7.36. The minimum Gasteiger partial charge on any atom is -0.495 e. The molecule has 10 nitrogen and oxygen atoms in total. The molecule has 0 heterocycles. The van der Waals surface area contributed by atoms with Crippen molar-refractivity contribution in [2.24, 2.45) is 0 Å². The lowest BCUT2D eigenvalue weighted by Gasteiger charge is -2.24. The second kappa shape index (κ2) is 10.9. The molecule has 12 heteroatoms. The predicted octanol–water partition coefficient (Wildman–Crippen LogP) is 2.19. The highest BCUT2D eigenvalue weighted by molar-refractivity contribution is 7.92. The van der Waals surface area contributed by atoms with Gasteiger partial charge in [0.25, 0.3) is 0 Å². The molecule has 2 N–H and O–H groups in total. The highest BCUT2D eigenvalue weighted by Crippen LogP contribution is 2.31. The molecule has 2 aromatic carbocycles. The molecule has 0 spiro atoms. The average Bonchev–Trinajstić information content (AvgIpc) is 2.71. The molecule has 0 radical (unpaired) electrons. The van der Waals surface area contributed by atoms with Crippen LogP contribution in [0.25, 0.3) is 0 Å². The number of carbonyl (C=O) groups excluding carboxylic acids is 1. The van der Waals surface area contributed by atoms with E-state index in [1.807, 2.05) is 0 Å². The molecule has 0 aromatic heterocycles. The largest absolute Gasteiger partial charge is 0.495 e. The summed E-state index contributed by atoms with van der Waals surface area (Å²) in [6.45, 7) is 4.87. The Morgan fingerprint density at radius 2 is 1.73 bits per heavy atom. The monoisotopic (exact) mass is 499 g/mol. The Labute approximate surface area is 195 Å². The van der Waals surface area contributed by atoms with Crippen LogP contribution in [0.2, 0.25) is 0 Å². The van der Waals surface area contributed by atoms with Gasteiger partial charge >= 0.3 is 0 Å². The fraction of sp³-hybridized carbons (Fsp3) is 0.381. The van der Waals surface area contributed by atoms with Crippen LogP contribution in [0.3, 0.4) is 0 Å². The van der Waals surface area contributed by atoms with Crippen LogP contribution in [-0.2, 0) is 24.8 Å². The lowest BCUT2D eigenvalue weighted by atomic mass is 10.2. The minimum absolute atomic E-state index is 0.0750. The van der Waals surface area contributed by atoms with Crippen LogP contribution in [-0.4, -0.2) is 55.3 Å². The molecule has 1 amide bonds. The summed E-state index contributed by atoms with van der Waals surface area (Å²) in [5.41, 5.74) is 0.294. The number of rotatable bonds is 11. The van der Waals surface area contributed by atoms with Crippen molar-refractivity contribution in [3.8, 4) is 11.5 Å². The van der Waals surface area contributed by atoms with E-state index in [0.29, 0.717) is 12.4 Å². The van der Waals surface area contributed by atoms with Gasteiger partial charge in [0.2, 0.25) is 26.0 Å². The highest BCUT2D eigenvalue weighted by Gasteiger charge is 2.25. The number of hydrogen-bond donors (Lipinski definition) is 2. The van der Waals surface area contributed by atoms with E-state index in [4.69, 9.17) is 9.47 Å². The number of sulfonamides is 2. The van der Waals surface area contributed by atoms with E-state index >= 15 is 0 Å². The molecule has 0 unspecified atom stereocenters. The van der Waals surface area contributed by atoms with Crippen LogP contribution in [0.1, 0.15) is 20.8 Å². The SMILES string of the molecule is CCOc1ccccc1N(CC(=O)Nc1cc(S(=O)(=O)NC(C)C)ccc1OC)S(C)(=O)=O. The maximum atomic E-state index is 12.8. The number of amides is 1. The van der Waals surface area contributed by atoms with Crippen LogP contribution >= 0.6 is 0 Å². The van der Waals surface area contributed by atoms with Gasteiger partial charge in [-0.2, -0.15) is 0 Å². The zero-order chi connectivity index (χ0) is 24.8. The Hall–Kier alpha value is -2.83. The van der Waals surface area contributed by atoms with Crippen LogP contribution in [0, 0.1) is 0 Å². The quantitative estimate of drug-likeness (QED) is 0.484. The number of carbonyl (C=O) groups is 1. The van der Waals surface area contributed by atoms with Gasteiger partial charge in [-0.05, 0) is 51.1 Å². The lowest BCUT2D eigenvalue weighted by Crippen LogP contribution is -2.37. The third kappa shape index (κ3) is 7.07. The molecular formula is C21H29N3O7S2. The van der Waals surface area contributed by atoms with E-state index in [1.165, 1.54) is 31.4 Å². The maximum Gasteiger partial charge on any atom is 0.245 e. The van der Waals surface area contributed by atoms with Crippen LogP contribution in [0.4, 0.5) is 11.4 Å². The van der Waals surface area contributed by atoms with E-state index in [9.17, 15) is 21.6 Å². The van der Waals surface area contributed by atoms with Crippen molar-refractivity contribution in [1.29, 1.82) is 0 Å². The molecule has 0 saturated carbocycles. The average molecular weight is 500 g/mol. The molecule has 33 heavy (non-hydrogen) atoms. The molecule has 0 aliphatic rings. The number of anilines is 2. The van der Waals surface area contributed by atoms with E-state index in [-0.39, 0.29) is 28.1 Å². The zero-order valence-electron chi connectivity index (χ0n) is 19.2. The number of para-hydroxylation sites is 2. The summed E-state index contributed by atoms with van der Waals surface area (Å²) in [5.74, 6) is -0.174. The van der Waals surface area contributed by atoms with Gasteiger partial charge in [0.1, 0.15) is 18.0 Å². The third-order valence-electron chi connectivity index (χ3n) is 4.27. The first-order valence-corrected chi connectivity index (χ1v) is 13.4. The van der Waals surface area contributed by atoms with Gasteiger partial charge in [-0.3, -0.25) is 9.10 Å². The molecule has 0 bridgehead atoms. The van der Waals surface area contributed by atoms with Gasteiger partial charge in [0.15, 0.2) is 0 Å². The predicted molar refractivity (Wildman–Crippen MR) is 127 cm³/mol. The summed E-state index contributed by atoms with van der Waals surface area (Å²) in [6, 6.07) is 10.1. The maximum absolute atomic E-state index is 12.8. The smallest absolute Gasteiger partial charge is 0.245 e. The number of hydrogen-bond acceptors (Lipinski definition) is 7. The van der Waals surface area contributed by atoms with Crippen molar-refractivity contribution in [2.75, 3.05) is 36.1 Å². The molecule has 0 aliphatic heterocycles. The van der Waals surface area contributed by atoms with Gasteiger partial charge in [-0.15, -0.1) is 0 Å². The molecule has 2 aromatic rings. The molecular weight excluding hydrogens is 470 g/mol. The third-order valence-corrected chi connectivity index (χ3v) is 7.05. The van der Waals surface area contributed by atoms with Crippen molar-refractivity contribution in [3.63, 3.8) is 0 Å². The first-order chi connectivity index (χ1) is 15.4. The fourth-order valence-corrected chi connectivity index (χ4v) is 5.11. The summed E-state index contributed by atoms with van der Waals surface area (Å²) >= 11 is 0. The highest BCUT2D eigenvalue weighted by atomic mass is 32.2. The molecule has 0 fully saturated rings. The van der Waals surface area contributed by atoms with Gasteiger partial charge in [-0.25, -0.2) is 21.6 Å². The Balaban J connectivity index is 2.37. The molecule has 0 aliphatic carbocycles. The van der Waals surface area contributed by atoms with E-state index < -0.39 is 32.5 Å². The van der Waals surface area contributed by atoms with Crippen molar-refractivity contribution in [2.45, 2.75) is 31.7 Å². The normalized spacial score (nSPS) is 11.8. The van der Waals surface area contributed by atoms with E-state index in [2.05, 4.69) is 10.0 Å².